The van der Waals surface area contributed by atoms with E-state index in [4.69, 9.17) is 9.52 Å². The maximum absolute atomic E-state index is 12.2. The first-order valence-electron chi connectivity index (χ1n) is 6.65. The molecule has 0 radical (unpaired) electrons. The van der Waals surface area contributed by atoms with Crippen molar-refractivity contribution in [3.8, 4) is 10.8 Å². The average molecular weight is 306 g/mol. The number of hydrogen-bond acceptors (Lipinski definition) is 5. The lowest BCUT2D eigenvalue weighted by atomic mass is 10.2. The third-order valence-electron chi connectivity index (χ3n) is 3.47. The molecule has 0 spiro atoms. The number of hydrogen-bond donors (Lipinski definition) is 1. The smallest absolute Gasteiger partial charge is 0.326 e. The summed E-state index contributed by atoms with van der Waals surface area (Å²) in [5.74, 6) is -0.671. The van der Waals surface area contributed by atoms with E-state index in [0.717, 1.165) is 11.3 Å². The number of aliphatic carboxylic acids is 1. The topological polar surface area (TPSA) is 83.6 Å². The second-order valence-electron chi connectivity index (χ2n) is 4.88. The van der Waals surface area contributed by atoms with Crippen LogP contribution in [0.2, 0.25) is 0 Å². The molecule has 0 bridgehead atoms. The van der Waals surface area contributed by atoms with Crippen molar-refractivity contribution in [3.63, 3.8) is 0 Å². The number of oxazole rings is 1. The van der Waals surface area contributed by atoms with Gasteiger partial charge in [-0.1, -0.05) is 6.07 Å². The Balaban J connectivity index is 1.69. The van der Waals surface area contributed by atoms with Crippen molar-refractivity contribution in [3.05, 3.63) is 29.5 Å². The molecule has 21 heavy (non-hydrogen) atoms. The van der Waals surface area contributed by atoms with Crippen LogP contribution in [0.15, 0.2) is 28.2 Å². The fourth-order valence-corrected chi connectivity index (χ4v) is 3.14. The van der Waals surface area contributed by atoms with Crippen LogP contribution >= 0.6 is 11.3 Å². The lowest BCUT2D eigenvalue weighted by molar-refractivity contribution is -0.148. The van der Waals surface area contributed by atoms with Gasteiger partial charge in [0.25, 0.3) is 0 Å². The number of likely N-dealkylation sites (tertiary alicyclic amines) is 1. The molecule has 0 unspecified atom stereocenters. The minimum absolute atomic E-state index is 0.0681. The summed E-state index contributed by atoms with van der Waals surface area (Å²) in [5.41, 5.74) is 0.527. The van der Waals surface area contributed by atoms with Gasteiger partial charge in [-0.25, -0.2) is 9.78 Å². The lowest BCUT2D eigenvalue weighted by Crippen LogP contribution is -2.41. The molecule has 3 rings (SSSR count). The molecule has 0 aliphatic carbocycles. The van der Waals surface area contributed by atoms with Crippen LogP contribution in [0.3, 0.4) is 0 Å². The quantitative estimate of drug-likeness (QED) is 0.934. The van der Waals surface area contributed by atoms with Crippen molar-refractivity contribution < 1.29 is 19.1 Å². The molecular formula is C14H14N2O4S. The van der Waals surface area contributed by atoms with Gasteiger partial charge >= 0.3 is 5.97 Å². The monoisotopic (exact) mass is 306 g/mol. The second kappa shape index (κ2) is 5.69. The Morgan fingerprint density at radius 2 is 2.38 bits per heavy atom. The molecule has 6 nitrogen and oxygen atoms in total. The summed E-state index contributed by atoms with van der Waals surface area (Å²) in [6, 6.07) is 3.08. The summed E-state index contributed by atoms with van der Waals surface area (Å²) >= 11 is 1.51. The summed E-state index contributed by atoms with van der Waals surface area (Å²) in [7, 11) is 0. The van der Waals surface area contributed by atoms with Gasteiger partial charge in [-0.2, -0.15) is 0 Å². The van der Waals surface area contributed by atoms with Gasteiger partial charge in [-0.3, -0.25) is 4.79 Å². The third-order valence-corrected chi connectivity index (χ3v) is 4.33. The normalized spacial score (nSPS) is 18.1. The highest BCUT2D eigenvalue weighted by Crippen LogP contribution is 2.24. The van der Waals surface area contributed by atoms with Crippen LogP contribution in [0.1, 0.15) is 18.5 Å². The van der Waals surface area contributed by atoms with Gasteiger partial charge in [0, 0.05) is 6.54 Å². The van der Waals surface area contributed by atoms with E-state index in [2.05, 4.69) is 4.98 Å². The number of amides is 1. The Hall–Kier alpha value is -2.15. The number of carbonyl (C=O) groups excluding carboxylic acids is 1. The molecule has 1 atom stereocenters. The summed E-state index contributed by atoms with van der Waals surface area (Å²) in [5, 5.41) is 11.0. The van der Waals surface area contributed by atoms with Crippen LogP contribution in [-0.4, -0.2) is 39.5 Å². The number of thiophene rings is 1. The Morgan fingerprint density at radius 1 is 1.52 bits per heavy atom. The highest BCUT2D eigenvalue weighted by molar-refractivity contribution is 7.13. The van der Waals surface area contributed by atoms with Crippen molar-refractivity contribution in [1.82, 2.24) is 9.88 Å². The van der Waals surface area contributed by atoms with E-state index in [0.29, 0.717) is 24.6 Å². The molecule has 1 amide bonds. The number of nitrogens with zero attached hydrogens (tertiary/aromatic N) is 2. The molecule has 2 aromatic heterocycles. The van der Waals surface area contributed by atoms with Gasteiger partial charge in [-0.15, -0.1) is 11.3 Å². The molecule has 3 heterocycles. The molecule has 110 valence electrons. The number of aromatic nitrogens is 1. The number of carboxylic acids is 1. The number of rotatable bonds is 4. The highest BCUT2D eigenvalue weighted by Gasteiger charge is 2.34. The maximum Gasteiger partial charge on any atom is 0.326 e. The van der Waals surface area contributed by atoms with Crippen molar-refractivity contribution in [2.75, 3.05) is 6.54 Å². The van der Waals surface area contributed by atoms with Gasteiger partial charge in [0.15, 0.2) is 0 Å². The molecule has 7 heteroatoms. The second-order valence-corrected chi connectivity index (χ2v) is 5.83. The molecule has 1 fully saturated rings. The lowest BCUT2D eigenvalue weighted by Gasteiger charge is -2.20. The Morgan fingerprint density at radius 3 is 3.10 bits per heavy atom. The number of carbonyl (C=O) groups is 2. The molecule has 2 aromatic rings. The zero-order chi connectivity index (χ0) is 14.8. The predicted octanol–water partition coefficient (Wildman–Crippen LogP) is 2.02. The van der Waals surface area contributed by atoms with Crippen LogP contribution in [0.4, 0.5) is 0 Å². The average Bonchev–Trinajstić information content (AvgIpc) is 3.19. The van der Waals surface area contributed by atoms with Gasteiger partial charge < -0.3 is 14.4 Å². The Kier molecular flexibility index (Phi) is 3.74. The zero-order valence-corrected chi connectivity index (χ0v) is 12.0. The van der Waals surface area contributed by atoms with E-state index < -0.39 is 12.0 Å². The van der Waals surface area contributed by atoms with E-state index in [1.165, 1.54) is 22.5 Å². The molecular weight excluding hydrogens is 292 g/mol. The minimum Gasteiger partial charge on any atom is -0.480 e. The largest absolute Gasteiger partial charge is 0.480 e. The molecule has 0 aromatic carbocycles. The predicted molar refractivity (Wildman–Crippen MR) is 75.9 cm³/mol. The third kappa shape index (κ3) is 2.82. The molecule has 1 saturated heterocycles. The first kappa shape index (κ1) is 13.8. The molecule has 1 N–H and O–H groups in total. The molecule has 1 aliphatic rings. The Labute approximate surface area is 125 Å². The van der Waals surface area contributed by atoms with E-state index in [1.807, 2.05) is 17.5 Å². The van der Waals surface area contributed by atoms with Crippen LogP contribution in [-0.2, 0) is 16.0 Å². The standard InChI is InChI=1S/C14H14N2O4S/c17-12(16-5-1-3-10(16)14(18)19)7-9-8-20-13(15-9)11-4-2-6-21-11/h2,4,6,8,10H,1,3,5,7H2,(H,18,19)/t10-/m0/s1. The SMILES string of the molecule is O=C(O)[C@@H]1CCCN1C(=O)Cc1coc(-c2cccs2)n1. The van der Waals surface area contributed by atoms with E-state index in [1.54, 1.807) is 0 Å². The van der Waals surface area contributed by atoms with Crippen LogP contribution < -0.4 is 0 Å². The number of carboxylic acid groups (broad SMARTS) is 1. The first-order valence-corrected chi connectivity index (χ1v) is 7.53. The highest BCUT2D eigenvalue weighted by atomic mass is 32.1. The van der Waals surface area contributed by atoms with E-state index in [9.17, 15) is 9.59 Å². The van der Waals surface area contributed by atoms with Crippen LogP contribution in [0.25, 0.3) is 10.8 Å². The van der Waals surface area contributed by atoms with E-state index >= 15 is 0 Å². The first-order chi connectivity index (χ1) is 10.1. The summed E-state index contributed by atoms with van der Waals surface area (Å²) in [6.07, 6.45) is 2.76. The maximum atomic E-state index is 12.2. The van der Waals surface area contributed by atoms with Crippen molar-refractivity contribution in [1.29, 1.82) is 0 Å². The molecule has 1 aliphatic heterocycles. The minimum atomic E-state index is -0.944. The van der Waals surface area contributed by atoms with Crippen molar-refractivity contribution in [2.24, 2.45) is 0 Å². The zero-order valence-electron chi connectivity index (χ0n) is 11.2. The fraction of sp³-hybridized carbons (Fsp3) is 0.357. The Bertz CT molecular complexity index is 650. The van der Waals surface area contributed by atoms with Gasteiger partial charge in [-0.05, 0) is 24.3 Å². The van der Waals surface area contributed by atoms with Gasteiger partial charge in [0.2, 0.25) is 11.8 Å². The summed E-state index contributed by atoms with van der Waals surface area (Å²) < 4.78 is 5.36. The molecule has 0 saturated carbocycles. The van der Waals surface area contributed by atoms with Crippen LogP contribution in [0, 0.1) is 0 Å². The van der Waals surface area contributed by atoms with Crippen LogP contribution in [0.5, 0.6) is 0 Å². The fourth-order valence-electron chi connectivity index (χ4n) is 2.48. The van der Waals surface area contributed by atoms with Crippen molar-refractivity contribution in [2.45, 2.75) is 25.3 Å². The van der Waals surface area contributed by atoms with Gasteiger partial charge in [0.1, 0.15) is 12.3 Å². The van der Waals surface area contributed by atoms with Gasteiger partial charge in [0.05, 0.1) is 17.0 Å². The van der Waals surface area contributed by atoms with Crippen molar-refractivity contribution >= 4 is 23.2 Å². The van der Waals surface area contributed by atoms with E-state index in [-0.39, 0.29) is 12.3 Å². The summed E-state index contributed by atoms with van der Waals surface area (Å²) in [6.45, 7) is 0.492. The summed E-state index contributed by atoms with van der Waals surface area (Å²) in [4.78, 5) is 29.9.